The van der Waals surface area contributed by atoms with Crippen molar-refractivity contribution in [3.05, 3.63) is 87.6 Å². The van der Waals surface area contributed by atoms with Crippen molar-refractivity contribution in [2.24, 2.45) is 5.92 Å². The van der Waals surface area contributed by atoms with Crippen molar-refractivity contribution in [1.82, 2.24) is 21.3 Å². The van der Waals surface area contributed by atoms with Crippen molar-refractivity contribution in [2.45, 2.75) is 45.7 Å². The molecule has 0 spiro atoms. The number of hydrogen-bond acceptors (Lipinski definition) is 7. The summed E-state index contributed by atoms with van der Waals surface area (Å²) in [4.78, 5) is 38.1. The van der Waals surface area contributed by atoms with Crippen LogP contribution in [0.3, 0.4) is 0 Å². The fourth-order valence-electron chi connectivity index (χ4n) is 4.01. The van der Waals surface area contributed by atoms with E-state index in [4.69, 9.17) is 0 Å². The predicted octanol–water partition coefficient (Wildman–Crippen LogP) is 5.01. The predicted molar refractivity (Wildman–Crippen MR) is 175 cm³/mol. The Morgan fingerprint density at radius 3 is 2.21 bits per heavy atom. The van der Waals surface area contributed by atoms with Gasteiger partial charge in [0.1, 0.15) is 0 Å². The van der Waals surface area contributed by atoms with Crippen LogP contribution in [0.5, 0.6) is 0 Å². The van der Waals surface area contributed by atoms with Crippen LogP contribution < -0.4 is 25.6 Å². The zero-order chi connectivity index (χ0) is 30.3. The van der Waals surface area contributed by atoms with E-state index in [0.717, 1.165) is 17.8 Å². The van der Waals surface area contributed by atoms with E-state index in [9.17, 15) is 14.4 Å². The van der Waals surface area contributed by atoms with E-state index in [0.29, 0.717) is 43.1 Å². The van der Waals surface area contributed by atoms with E-state index in [1.165, 1.54) is 30.4 Å². The molecule has 10 heteroatoms. The molecule has 1 atom stereocenters. The third kappa shape index (κ3) is 11.5. The molecule has 1 fully saturated rings. The molecule has 226 valence electrons. The third-order valence-electron chi connectivity index (χ3n) is 6.83. The highest BCUT2D eigenvalue weighted by atomic mass is 32.2. The number of anilines is 1. The van der Waals surface area contributed by atoms with Gasteiger partial charge >= 0.3 is 0 Å². The van der Waals surface area contributed by atoms with Crippen LogP contribution in [0.15, 0.2) is 65.4 Å². The molecule has 2 aromatic carbocycles. The number of nitrogens with one attached hydrogen (secondary N) is 4. The van der Waals surface area contributed by atoms with Crippen LogP contribution in [0, 0.1) is 12.8 Å². The summed E-state index contributed by atoms with van der Waals surface area (Å²) in [5, 5.41) is 16.2. The summed E-state index contributed by atoms with van der Waals surface area (Å²) in [6.45, 7) is 6.04. The Kier molecular flexibility index (Phi) is 13.9. The summed E-state index contributed by atoms with van der Waals surface area (Å²) in [5.74, 6) is 0.136. The Labute approximate surface area is 258 Å². The van der Waals surface area contributed by atoms with Gasteiger partial charge in [0.25, 0.3) is 11.8 Å². The van der Waals surface area contributed by atoms with E-state index < -0.39 is 0 Å². The van der Waals surface area contributed by atoms with Crippen LogP contribution in [0.4, 0.5) is 5.69 Å². The molecule has 0 unspecified atom stereocenters. The van der Waals surface area contributed by atoms with Gasteiger partial charge in [-0.15, -0.1) is 0 Å². The third-order valence-corrected chi connectivity index (χ3v) is 8.39. The smallest absolute Gasteiger partial charge is 0.251 e. The van der Waals surface area contributed by atoms with Crippen molar-refractivity contribution in [1.29, 1.82) is 0 Å². The second-order valence-corrected chi connectivity index (χ2v) is 12.0. The number of rotatable bonds is 14. The van der Waals surface area contributed by atoms with Gasteiger partial charge in [0.05, 0.1) is 6.04 Å². The molecule has 1 saturated carbocycles. The first-order valence-corrected chi connectivity index (χ1v) is 16.5. The number of amides is 3. The van der Waals surface area contributed by atoms with Crippen molar-refractivity contribution in [3.63, 3.8) is 0 Å². The minimum atomic E-state index is -0.279. The molecule has 4 rings (SSSR count). The van der Waals surface area contributed by atoms with Gasteiger partial charge in [0.15, 0.2) is 0 Å². The summed E-state index contributed by atoms with van der Waals surface area (Å²) in [7, 11) is 1.89. The van der Waals surface area contributed by atoms with Gasteiger partial charge in [0, 0.05) is 56.3 Å². The van der Waals surface area contributed by atoms with Crippen LogP contribution in [0.1, 0.15) is 58.0 Å². The van der Waals surface area contributed by atoms with E-state index in [-0.39, 0.29) is 23.8 Å². The molecule has 0 radical (unpaired) electrons. The molecule has 1 heterocycles. The second-order valence-electron chi connectivity index (χ2n) is 10.3. The van der Waals surface area contributed by atoms with Crippen molar-refractivity contribution < 1.29 is 14.4 Å². The number of aryl methyl sites for hydroxylation is 1. The van der Waals surface area contributed by atoms with Crippen molar-refractivity contribution in [2.75, 3.05) is 37.2 Å². The van der Waals surface area contributed by atoms with E-state index in [1.807, 2.05) is 54.9 Å². The zero-order valence-corrected chi connectivity index (χ0v) is 26.6. The summed E-state index contributed by atoms with van der Waals surface area (Å²) >= 11 is 3.23. The minimum absolute atomic E-state index is 0.00897. The largest absolute Gasteiger partial charge is 0.354 e. The fraction of sp³-hybridized carbons (Fsp3) is 0.406. The Hall–Kier alpha value is -3.34. The quantitative estimate of drug-likeness (QED) is 0.151. The highest BCUT2D eigenvalue weighted by Gasteiger charge is 2.23. The highest BCUT2D eigenvalue weighted by molar-refractivity contribution is 7.99. The number of carbonyl (C=O) groups excluding carboxylic acids is 3. The Balaban J connectivity index is 0.000000715. The molecule has 1 aliphatic carbocycles. The van der Waals surface area contributed by atoms with Gasteiger partial charge in [-0.3, -0.25) is 14.4 Å². The molecule has 0 saturated heterocycles. The van der Waals surface area contributed by atoms with Gasteiger partial charge in [-0.25, -0.2) is 0 Å². The molecule has 4 N–H and O–H groups in total. The Bertz CT molecular complexity index is 1270. The van der Waals surface area contributed by atoms with Crippen LogP contribution in [0.25, 0.3) is 0 Å². The summed E-state index contributed by atoms with van der Waals surface area (Å²) in [5.41, 5.74) is 3.95. The van der Waals surface area contributed by atoms with Gasteiger partial charge in [-0.1, -0.05) is 49.2 Å². The standard InChI is InChI=1S/C27H37N5O3S.C5H6S/c1-4-24(27(35)31-18-20-10-11-20)28-12-13-29-25(33)21-14-22(16-23(15-21)32(2)36-3)26(34)30-17-19-8-6-5-7-9-19;1-5-2-3-6-4-5/h5-9,14-16,20,24,28H,4,10-13,17-18H2,1-3H3,(H,29,33)(H,30,34)(H,31,35);2-4H,1H3/t24-;/m0./s1. The first-order chi connectivity index (χ1) is 20.3. The molecule has 0 bridgehead atoms. The van der Waals surface area contributed by atoms with Crippen LogP contribution in [-0.4, -0.2) is 56.7 Å². The maximum Gasteiger partial charge on any atom is 0.251 e. The summed E-state index contributed by atoms with van der Waals surface area (Å²) in [6, 6.07) is 16.7. The number of benzene rings is 2. The molecule has 42 heavy (non-hydrogen) atoms. The average molecular weight is 610 g/mol. The molecular formula is C32H43N5O3S2. The van der Waals surface area contributed by atoms with Crippen LogP contribution in [0.2, 0.25) is 0 Å². The van der Waals surface area contributed by atoms with E-state index >= 15 is 0 Å². The Morgan fingerprint density at radius 2 is 1.67 bits per heavy atom. The van der Waals surface area contributed by atoms with Gasteiger partial charge in [-0.2, -0.15) is 11.3 Å². The first kappa shape index (κ1) is 33.2. The number of nitrogens with zero attached hydrogens (tertiary/aromatic N) is 1. The normalized spacial score (nSPS) is 12.9. The van der Waals surface area contributed by atoms with Crippen molar-refractivity contribution >= 4 is 46.7 Å². The number of thiophene rings is 1. The minimum Gasteiger partial charge on any atom is -0.354 e. The second kappa shape index (κ2) is 17.6. The Morgan fingerprint density at radius 1 is 0.976 bits per heavy atom. The van der Waals surface area contributed by atoms with Crippen molar-refractivity contribution in [3.8, 4) is 0 Å². The van der Waals surface area contributed by atoms with Gasteiger partial charge in [0.2, 0.25) is 5.91 Å². The molecule has 3 aromatic rings. The number of carbonyl (C=O) groups is 3. The lowest BCUT2D eigenvalue weighted by Crippen LogP contribution is -2.46. The highest BCUT2D eigenvalue weighted by Crippen LogP contribution is 2.27. The monoisotopic (exact) mass is 609 g/mol. The van der Waals surface area contributed by atoms with E-state index in [1.54, 1.807) is 29.5 Å². The first-order valence-electron chi connectivity index (χ1n) is 14.3. The van der Waals surface area contributed by atoms with Crippen LogP contribution in [-0.2, 0) is 11.3 Å². The molecule has 3 amide bonds. The molecule has 0 aliphatic heterocycles. The molecule has 1 aromatic heterocycles. The summed E-state index contributed by atoms with van der Waals surface area (Å²) < 4.78 is 1.90. The molecule has 8 nitrogen and oxygen atoms in total. The van der Waals surface area contributed by atoms with Gasteiger partial charge < -0.3 is 25.6 Å². The SMILES string of the molecule is CC[C@H](NCCNC(=O)c1cc(C(=O)NCc2ccccc2)cc(N(C)SC)c1)C(=O)NCC1CC1.Cc1ccsc1. The average Bonchev–Trinajstić information content (AvgIpc) is 3.73. The topological polar surface area (TPSA) is 103 Å². The number of hydrogen-bond donors (Lipinski definition) is 4. The lowest BCUT2D eigenvalue weighted by atomic mass is 10.1. The molecular weight excluding hydrogens is 567 g/mol. The van der Waals surface area contributed by atoms with Crippen LogP contribution >= 0.6 is 23.3 Å². The molecule has 1 aliphatic rings. The maximum absolute atomic E-state index is 12.9. The van der Waals surface area contributed by atoms with Gasteiger partial charge in [-0.05, 0) is 78.3 Å². The lowest BCUT2D eigenvalue weighted by Gasteiger charge is -2.19. The zero-order valence-electron chi connectivity index (χ0n) is 24.9. The lowest BCUT2D eigenvalue weighted by molar-refractivity contribution is -0.123. The fourth-order valence-corrected chi connectivity index (χ4v) is 4.99. The maximum atomic E-state index is 12.9. The van der Waals surface area contributed by atoms with E-state index in [2.05, 4.69) is 45.0 Å². The summed E-state index contributed by atoms with van der Waals surface area (Å²) in [6.07, 6.45) is 5.00.